The van der Waals surface area contributed by atoms with Crippen LogP contribution in [0.25, 0.3) is 0 Å². The van der Waals surface area contributed by atoms with Crippen LogP contribution in [0.5, 0.6) is 0 Å². The van der Waals surface area contributed by atoms with Crippen LogP contribution >= 0.6 is 27.3 Å². The zero-order valence-electron chi connectivity index (χ0n) is 7.95. The van der Waals surface area contributed by atoms with E-state index < -0.39 is 0 Å². The van der Waals surface area contributed by atoms with Crippen LogP contribution in [0.1, 0.15) is 11.3 Å². The van der Waals surface area contributed by atoms with Gasteiger partial charge in [-0.2, -0.15) is 0 Å². The zero-order valence-corrected chi connectivity index (χ0v) is 10.4. The van der Waals surface area contributed by atoms with Gasteiger partial charge in [-0.1, -0.05) is 0 Å². The molecule has 0 spiro atoms. The Kier molecular flexibility index (Phi) is 3.60. The molecule has 1 atom stereocenters. The van der Waals surface area contributed by atoms with Gasteiger partial charge in [0, 0.05) is 34.4 Å². The summed E-state index contributed by atoms with van der Waals surface area (Å²) >= 11 is 5.25. The van der Waals surface area contributed by atoms with Crippen molar-refractivity contribution in [1.82, 2.24) is 4.90 Å². The van der Waals surface area contributed by atoms with E-state index in [0.717, 1.165) is 26.1 Å². The number of rotatable bonds is 3. The molecular formula is C10H14BrNOS. The van der Waals surface area contributed by atoms with Crippen LogP contribution in [0.2, 0.25) is 0 Å². The molecule has 0 amide bonds. The average molecular weight is 276 g/mol. The van der Waals surface area contributed by atoms with E-state index in [4.69, 9.17) is 5.11 Å². The quantitative estimate of drug-likeness (QED) is 0.916. The molecular weight excluding hydrogens is 262 g/mol. The van der Waals surface area contributed by atoms with Gasteiger partial charge in [0.05, 0.1) is 0 Å². The Labute approximate surface area is 96.7 Å². The maximum atomic E-state index is 9.02. The van der Waals surface area contributed by atoms with Crippen molar-refractivity contribution < 1.29 is 5.11 Å². The summed E-state index contributed by atoms with van der Waals surface area (Å²) in [4.78, 5) is 3.81. The highest BCUT2D eigenvalue weighted by molar-refractivity contribution is 9.10. The summed E-state index contributed by atoms with van der Waals surface area (Å²) in [6.07, 6.45) is 1.14. The number of likely N-dealkylation sites (tertiary alicyclic amines) is 1. The lowest BCUT2D eigenvalue weighted by Crippen LogP contribution is -2.20. The Bertz CT molecular complexity index is 302. The minimum Gasteiger partial charge on any atom is -0.396 e. The minimum atomic E-state index is 0.338. The minimum absolute atomic E-state index is 0.338. The SMILES string of the molecule is OC[C@@H]1CCN(Cc2cc(Br)cs2)C1. The molecule has 0 bridgehead atoms. The Balaban J connectivity index is 1.87. The Morgan fingerprint density at radius 3 is 3.07 bits per heavy atom. The molecule has 0 aromatic carbocycles. The van der Waals surface area contributed by atoms with Gasteiger partial charge in [0.15, 0.2) is 0 Å². The van der Waals surface area contributed by atoms with Gasteiger partial charge in [-0.15, -0.1) is 11.3 Å². The fourth-order valence-electron chi connectivity index (χ4n) is 1.86. The highest BCUT2D eigenvalue weighted by Crippen LogP contribution is 2.24. The zero-order chi connectivity index (χ0) is 9.97. The first-order valence-corrected chi connectivity index (χ1v) is 6.51. The Hall–Kier alpha value is 0.1000. The monoisotopic (exact) mass is 275 g/mol. The maximum absolute atomic E-state index is 9.02. The van der Waals surface area contributed by atoms with Crippen molar-refractivity contribution in [2.75, 3.05) is 19.7 Å². The van der Waals surface area contributed by atoms with E-state index >= 15 is 0 Å². The van der Waals surface area contributed by atoms with E-state index in [1.807, 2.05) is 0 Å². The smallest absolute Gasteiger partial charge is 0.0471 e. The van der Waals surface area contributed by atoms with Crippen molar-refractivity contribution in [3.8, 4) is 0 Å². The molecule has 1 aliphatic rings. The van der Waals surface area contributed by atoms with Gasteiger partial charge < -0.3 is 5.11 Å². The number of aliphatic hydroxyl groups is 1. The van der Waals surface area contributed by atoms with Gasteiger partial charge in [-0.05, 0) is 40.9 Å². The van der Waals surface area contributed by atoms with Crippen molar-refractivity contribution in [2.45, 2.75) is 13.0 Å². The lowest BCUT2D eigenvalue weighted by molar-refractivity contribution is 0.220. The largest absolute Gasteiger partial charge is 0.396 e. The molecule has 2 heterocycles. The van der Waals surface area contributed by atoms with E-state index in [0.29, 0.717) is 12.5 Å². The second-order valence-electron chi connectivity index (χ2n) is 3.80. The van der Waals surface area contributed by atoms with Crippen LogP contribution in [-0.2, 0) is 6.54 Å². The molecule has 1 saturated heterocycles. The van der Waals surface area contributed by atoms with Crippen LogP contribution in [0.4, 0.5) is 0 Å². The molecule has 1 aliphatic heterocycles. The Morgan fingerprint density at radius 2 is 2.50 bits per heavy atom. The van der Waals surface area contributed by atoms with Crippen LogP contribution in [0.15, 0.2) is 15.9 Å². The second-order valence-corrected chi connectivity index (χ2v) is 5.72. The second kappa shape index (κ2) is 4.75. The Morgan fingerprint density at radius 1 is 1.64 bits per heavy atom. The van der Waals surface area contributed by atoms with E-state index in [1.54, 1.807) is 11.3 Å². The van der Waals surface area contributed by atoms with Crippen molar-refractivity contribution in [1.29, 1.82) is 0 Å². The fraction of sp³-hybridized carbons (Fsp3) is 0.600. The molecule has 2 nitrogen and oxygen atoms in total. The van der Waals surface area contributed by atoms with Crippen LogP contribution < -0.4 is 0 Å². The fourth-order valence-corrected chi connectivity index (χ4v) is 3.35. The topological polar surface area (TPSA) is 23.5 Å². The number of aliphatic hydroxyl groups excluding tert-OH is 1. The molecule has 1 fully saturated rings. The number of halogens is 1. The standard InChI is InChI=1S/C10H14BrNOS/c11-9-3-10(14-7-9)5-12-2-1-8(4-12)6-13/h3,7-8,13H,1-2,4-6H2/t8-/m1/s1. The molecule has 2 rings (SSSR count). The summed E-state index contributed by atoms with van der Waals surface area (Å²) in [5.41, 5.74) is 0. The van der Waals surface area contributed by atoms with Crippen LogP contribution in [0, 0.1) is 5.92 Å². The molecule has 1 N–H and O–H groups in total. The number of nitrogens with zero attached hydrogens (tertiary/aromatic N) is 1. The van der Waals surface area contributed by atoms with Crippen molar-refractivity contribution >= 4 is 27.3 Å². The molecule has 4 heteroatoms. The summed E-state index contributed by atoms with van der Waals surface area (Å²) < 4.78 is 1.18. The van der Waals surface area contributed by atoms with E-state index in [-0.39, 0.29) is 0 Å². The maximum Gasteiger partial charge on any atom is 0.0471 e. The molecule has 0 aliphatic carbocycles. The van der Waals surface area contributed by atoms with E-state index in [1.165, 1.54) is 9.35 Å². The third kappa shape index (κ3) is 2.57. The highest BCUT2D eigenvalue weighted by atomic mass is 79.9. The van der Waals surface area contributed by atoms with Gasteiger partial charge >= 0.3 is 0 Å². The van der Waals surface area contributed by atoms with Crippen LogP contribution in [-0.4, -0.2) is 29.7 Å². The summed E-state index contributed by atoms with van der Waals surface area (Å²) in [7, 11) is 0. The molecule has 0 saturated carbocycles. The highest BCUT2D eigenvalue weighted by Gasteiger charge is 2.21. The third-order valence-electron chi connectivity index (χ3n) is 2.63. The summed E-state index contributed by atoms with van der Waals surface area (Å²) in [6, 6.07) is 2.18. The normalized spacial score (nSPS) is 23.1. The van der Waals surface area contributed by atoms with Gasteiger partial charge in [0.1, 0.15) is 0 Å². The number of hydrogen-bond donors (Lipinski definition) is 1. The van der Waals surface area contributed by atoms with Gasteiger partial charge in [-0.25, -0.2) is 0 Å². The van der Waals surface area contributed by atoms with E-state index in [9.17, 15) is 0 Å². The van der Waals surface area contributed by atoms with Crippen molar-refractivity contribution in [3.63, 3.8) is 0 Å². The van der Waals surface area contributed by atoms with E-state index in [2.05, 4.69) is 32.3 Å². The summed E-state index contributed by atoms with van der Waals surface area (Å²) in [5, 5.41) is 11.1. The van der Waals surface area contributed by atoms with Crippen molar-refractivity contribution in [2.24, 2.45) is 5.92 Å². The molecule has 0 radical (unpaired) electrons. The summed E-state index contributed by atoms with van der Waals surface area (Å²) in [5.74, 6) is 0.499. The average Bonchev–Trinajstić information content (AvgIpc) is 2.76. The van der Waals surface area contributed by atoms with Gasteiger partial charge in [0.25, 0.3) is 0 Å². The third-order valence-corrected chi connectivity index (χ3v) is 4.31. The number of thiophene rings is 1. The summed E-state index contributed by atoms with van der Waals surface area (Å²) in [6.45, 7) is 3.55. The predicted octanol–water partition coefficient (Wildman–Crippen LogP) is 2.32. The van der Waals surface area contributed by atoms with Gasteiger partial charge in [0.2, 0.25) is 0 Å². The van der Waals surface area contributed by atoms with Crippen molar-refractivity contribution in [3.05, 3.63) is 20.8 Å². The molecule has 14 heavy (non-hydrogen) atoms. The first kappa shape index (κ1) is 10.6. The molecule has 1 aromatic heterocycles. The predicted molar refractivity (Wildman–Crippen MR) is 62.5 cm³/mol. The molecule has 0 unspecified atom stereocenters. The first-order chi connectivity index (χ1) is 6.78. The number of hydrogen-bond acceptors (Lipinski definition) is 3. The first-order valence-electron chi connectivity index (χ1n) is 4.84. The molecule has 1 aromatic rings. The lowest BCUT2D eigenvalue weighted by atomic mass is 10.1. The van der Waals surface area contributed by atoms with Gasteiger partial charge in [-0.3, -0.25) is 4.90 Å². The lowest BCUT2D eigenvalue weighted by Gasteiger charge is -2.13. The molecule has 78 valence electrons. The van der Waals surface area contributed by atoms with Crippen LogP contribution in [0.3, 0.4) is 0 Å².